The molecule has 2 aliphatic rings. The second-order valence-electron chi connectivity index (χ2n) is 7.80. The van der Waals surface area contributed by atoms with Crippen LogP contribution in [0.2, 0.25) is 0 Å². The van der Waals surface area contributed by atoms with Crippen LogP contribution in [0.3, 0.4) is 0 Å². The average molecular weight is 461 g/mol. The molecule has 4 nitrogen and oxygen atoms in total. The molecule has 0 bridgehead atoms. The summed E-state index contributed by atoms with van der Waals surface area (Å²) in [6.45, 7) is 4.95. The minimum atomic E-state index is -0.403. The molecule has 2 aliphatic heterocycles. The van der Waals surface area contributed by atoms with Gasteiger partial charge in [-0.2, -0.15) is 0 Å². The normalized spacial score (nSPS) is 28.4. The predicted molar refractivity (Wildman–Crippen MR) is 128 cm³/mol. The van der Waals surface area contributed by atoms with Gasteiger partial charge in [0.1, 0.15) is 18.3 Å². The third-order valence-electron chi connectivity index (χ3n) is 5.35. The summed E-state index contributed by atoms with van der Waals surface area (Å²) in [5, 5.41) is 0. The Morgan fingerprint density at radius 2 is 1.35 bits per heavy atom. The fourth-order valence-electron chi connectivity index (χ4n) is 3.84. The third-order valence-corrected chi connectivity index (χ3v) is 8.64. The standard InChI is InChI=1S/C25H32O4S2/c1-3-15-30-25(31-16-4-2)22-21-20(27-24(29-22)19-13-9-6-10-14-19)17-26-23(28-21)18-11-7-5-8-12-18/h5-14,20-25H,3-4,15-17H2,1-2H3. The van der Waals surface area contributed by atoms with Crippen LogP contribution in [0.5, 0.6) is 0 Å². The SMILES string of the molecule is CCCSC(SCCC)C1OC(c2ccccc2)OC2COC(c3ccccc3)OC21. The van der Waals surface area contributed by atoms with Gasteiger partial charge in [0, 0.05) is 11.1 Å². The van der Waals surface area contributed by atoms with Gasteiger partial charge in [-0.15, -0.1) is 23.5 Å². The fraction of sp³-hybridized carbons (Fsp3) is 0.520. The lowest BCUT2D eigenvalue weighted by molar-refractivity contribution is -0.361. The molecule has 0 aliphatic carbocycles. The highest BCUT2D eigenvalue weighted by molar-refractivity contribution is 8.17. The van der Waals surface area contributed by atoms with Gasteiger partial charge in [-0.1, -0.05) is 74.5 Å². The largest absolute Gasteiger partial charge is 0.346 e. The lowest BCUT2D eigenvalue weighted by atomic mass is 10.0. The molecule has 2 heterocycles. The van der Waals surface area contributed by atoms with Gasteiger partial charge in [-0.05, 0) is 24.3 Å². The molecule has 168 valence electrons. The molecule has 2 saturated heterocycles. The van der Waals surface area contributed by atoms with E-state index in [2.05, 4.69) is 26.0 Å². The Hall–Kier alpha value is -1.02. The summed E-state index contributed by atoms with van der Waals surface area (Å²) in [5.74, 6) is 2.21. The van der Waals surface area contributed by atoms with Crippen LogP contribution in [-0.2, 0) is 18.9 Å². The molecule has 31 heavy (non-hydrogen) atoms. The Labute approximate surface area is 194 Å². The van der Waals surface area contributed by atoms with Crippen molar-refractivity contribution in [2.75, 3.05) is 18.1 Å². The number of fused-ring (bicyclic) bond motifs is 1. The van der Waals surface area contributed by atoms with Gasteiger partial charge in [0.15, 0.2) is 12.6 Å². The van der Waals surface area contributed by atoms with Crippen LogP contribution in [0.15, 0.2) is 60.7 Å². The summed E-state index contributed by atoms with van der Waals surface area (Å²) in [5.41, 5.74) is 2.07. The predicted octanol–water partition coefficient (Wildman–Crippen LogP) is 6.20. The summed E-state index contributed by atoms with van der Waals surface area (Å²) >= 11 is 3.96. The fourth-order valence-corrected chi connectivity index (χ4v) is 6.56. The lowest BCUT2D eigenvalue weighted by Crippen LogP contribution is -2.56. The maximum atomic E-state index is 6.64. The van der Waals surface area contributed by atoms with Crippen molar-refractivity contribution in [1.82, 2.24) is 0 Å². The molecule has 2 aromatic rings. The zero-order valence-electron chi connectivity index (χ0n) is 18.2. The Morgan fingerprint density at radius 3 is 1.94 bits per heavy atom. The van der Waals surface area contributed by atoms with E-state index in [1.54, 1.807) is 0 Å². The molecule has 2 fully saturated rings. The maximum Gasteiger partial charge on any atom is 0.184 e. The highest BCUT2D eigenvalue weighted by Gasteiger charge is 2.48. The zero-order valence-corrected chi connectivity index (χ0v) is 19.9. The molecule has 5 unspecified atom stereocenters. The first-order valence-electron chi connectivity index (χ1n) is 11.2. The molecule has 0 saturated carbocycles. The van der Waals surface area contributed by atoms with E-state index in [1.165, 1.54) is 0 Å². The smallest absolute Gasteiger partial charge is 0.184 e. The van der Waals surface area contributed by atoms with Crippen LogP contribution in [0.25, 0.3) is 0 Å². The van der Waals surface area contributed by atoms with Crippen molar-refractivity contribution in [2.24, 2.45) is 0 Å². The van der Waals surface area contributed by atoms with E-state index >= 15 is 0 Å². The zero-order chi connectivity index (χ0) is 21.5. The molecule has 2 aromatic carbocycles. The van der Waals surface area contributed by atoms with Crippen molar-refractivity contribution in [3.8, 4) is 0 Å². The van der Waals surface area contributed by atoms with E-state index in [0.29, 0.717) is 6.61 Å². The van der Waals surface area contributed by atoms with Crippen molar-refractivity contribution in [2.45, 2.75) is 62.2 Å². The number of thioether (sulfide) groups is 2. The molecule has 0 aromatic heterocycles. The average Bonchev–Trinajstić information content (AvgIpc) is 2.84. The van der Waals surface area contributed by atoms with Crippen molar-refractivity contribution in [3.63, 3.8) is 0 Å². The summed E-state index contributed by atoms with van der Waals surface area (Å²) in [6, 6.07) is 20.3. The van der Waals surface area contributed by atoms with Gasteiger partial charge in [0.05, 0.1) is 11.2 Å². The quantitative estimate of drug-likeness (QED) is 0.415. The van der Waals surface area contributed by atoms with Crippen LogP contribution in [-0.4, -0.2) is 41.0 Å². The summed E-state index contributed by atoms with van der Waals surface area (Å²) in [4.78, 5) is 0. The van der Waals surface area contributed by atoms with E-state index in [4.69, 9.17) is 18.9 Å². The Morgan fingerprint density at radius 1 is 0.774 bits per heavy atom. The first kappa shape index (κ1) is 23.1. The molecular weight excluding hydrogens is 428 g/mol. The number of hydrogen-bond acceptors (Lipinski definition) is 6. The topological polar surface area (TPSA) is 36.9 Å². The van der Waals surface area contributed by atoms with E-state index in [0.717, 1.165) is 35.5 Å². The monoisotopic (exact) mass is 460 g/mol. The van der Waals surface area contributed by atoms with Crippen LogP contribution >= 0.6 is 23.5 Å². The van der Waals surface area contributed by atoms with Crippen LogP contribution in [0, 0.1) is 0 Å². The van der Waals surface area contributed by atoms with Crippen molar-refractivity contribution in [1.29, 1.82) is 0 Å². The van der Waals surface area contributed by atoms with Gasteiger partial charge in [-0.3, -0.25) is 0 Å². The van der Waals surface area contributed by atoms with Gasteiger partial charge in [0.25, 0.3) is 0 Å². The third kappa shape index (κ3) is 5.86. The van der Waals surface area contributed by atoms with Gasteiger partial charge in [-0.25, -0.2) is 0 Å². The van der Waals surface area contributed by atoms with Gasteiger partial charge < -0.3 is 18.9 Å². The molecule has 0 amide bonds. The van der Waals surface area contributed by atoms with E-state index in [-0.39, 0.29) is 22.9 Å². The van der Waals surface area contributed by atoms with Crippen LogP contribution in [0.4, 0.5) is 0 Å². The second kappa shape index (κ2) is 11.7. The second-order valence-corrected chi connectivity index (χ2v) is 10.6. The lowest BCUT2D eigenvalue weighted by Gasteiger charge is -2.48. The molecule has 5 atom stereocenters. The van der Waals surface area contributed by atoms with Crippen molar-refractivity contribution >= 4 is 23.5 Å². The summed E-state index contributed by atoms with van der Waals surface area (Å²) in [7, 11) is 0. The van der Waals surface area contributed by atoms with Crippen LogP contribution < -0.4 is 0 Å². The van der Waals surface area contributed by atoms with Gasteiger partial charge >= 0.3 is 0 Å². The van der Waals surface area contributed by atoms with Crippen molar-refractivity contribution < 1.29 is 18.9 Å². The number of benzene rings is 2. The number of ether oxygens (including phenoxy) is 4. The molecule has 0 N–H and O–H groups in total. The minimum Gasteiger partial charge on any atom is -0.346 e. The Bertz CT molecular complexity index is 768. The number of rotatable bonds is 9. The minimum absolute atomic E-state index is 0.0767. The molecule has 4 rings (SSSR count). The van der Waals surface area contributed by atoms with E-state index in [1.807, 2.05) is 72.1 Å². The first-order valence-corrected chi connectivity index (χ1v) is 13.3. The molecule has 6 heteroatoms. The molecule has 0 radical (unpaired) electrons. The van der Waals surface area contributed by atoms with E-state index in [9.17, 15) is 0 Å². The Kier molecular flexibility index (Phi) is 8.76. The van der Waals surface area contributed by atoms with Crippen molar-refractivity contribution in [3.05, 3.63) is 71.8 Å². The highest BCUT2D eigenvalue weighted by atomic mass is 32.2. The van der Waals surface area contributed by atoms with Gasteiger partial charge in [0.2, 0.25) is 0 Å². The molecule has 0 spiro atoms. The molecular formula is C25H32O4S2. The van der Waals surface area contributed by atoms with Crippen LogP contribution in [0.1, 0.15) is 50.4 Å². The van der Waals surface area contributed by atoms with E-state index < -0.39 is 12.6 Å². The highest BCUT2D eigenvalue weighted by Crippen LogP contribution is 2.43. The Balaban J connectivity index is 1.58. The maximum absolute atomic E-state index is 6.64. The first-order chi connectivity index (χ1) is 15.3. The number of hydrogen-bond donors (Lipinski definition) is 0. The summed E-state index contributed by atoms with van der Waals surface area (Å²) < 4.78 is 25.9. The summed E-state index contributed by atoms with van der Waals surface area (Å²) in [6.07, 6.45) is 1.09.